The quantitative estimate of drug-likeness (QED) is 0.583. The first-order chi connectivity index (χ1) is 14.8. The number of pyridine rings is 1. The highest BCUT2D eigenvalue weighted by Gasteiger charge is 2.16. The first-order valence-electron chi connectivity index (χ1n) is 9.94. The number of aryl methyl sites for hydroxylation is 1. The number of amides is 1. The van der Waals surface area contributed by atoms with Crippen molar-refractivity contribution in [3.63, 3.8) is 0 Å². The highest BCUT2D eigenvalue weighted by atomic mass is 16.5. The standard InChI is InChI=1S/C22H26N4O5/c1-14(2)24-19(27)13-26-16-6-5-10-23-20(16)21(28)25(22(26)29)11-9-15-7-8-17(30-3)18(12-15)31-4/h5-8,10,12,14H,9,11,13H2,1-4H3,(H,24,27). The molecule has 0 atom stereocenters. The van der Waals surface area contributed by atoms with E-state index in [0.717, 1.165) is 10.1 Å². The van der Waals surface area contributed by atoms with Crippen molar-refractivity contribution >= 4 is 16.9 Å². The van der Waals surface area contributed by atoms with Gasteiger partial charge in [-0.15, -0.1) is 0 Å². The maximum Gasteiger partial charge on any atom is 0.332 e. The Labute approximate surface area is 179 Å². The van der Waals surface area contributed by atoms with Crippen LogP contribution in [0.3, 0.4) is 0 Å². The summed E-state index contributed by atoms with van der Waals surface area (Å²) >= 11 is 0. The average molecular weight is 426 g/mol. The molecule has 2 heterocycles. The molecular weight excluding hydrogens is 400 g/mol. The Morgan fingerprint density at radius 1 is 1.10 bits per heavy atom. The van der Waals surface area contributed by atoms with Crippen LogP contribution in [0, 0.1) is 0 Å². The zero-order valence-corrected chi connectivity index (χ0v) is 18.0. The molecule has 9 nitrogen and oxygen atoms in total. The summed E-state index contributed by atoms with van der Waals surface area (Å²) in [6, 6.07) is 8.60. The van der Waals surface area contributed by atoms with Crippen LogP contribution in [0.15, 0.2) is 46.1 Å². The summed E-state index contributed by atoms with van der Waals surface area (Å²) in [5, 5.41) is 2.77. The van der Waals surface area contributed by atoms with E-state index in [0.29, 0.717) is 23.4 Å². The number of carbonyl (C=O) groups excluding carboxylic acids is 1. The Morgan fingerprint density at radius 2 is 1.84 bits per heavy atom. The van der Waals surface area contributed by atoms with Gasteiger partial charge in [0, 0.05) is 18.8 Å². The number of rotatable bonds is 8. The lowest BCUT2D eigenvalue weighted by molar-refractivity contribution is -0.122. The number of aromatic nitrogens is 3. The van der Waals surface area contributed by atoms with Crippen LogP contribution in [-0.4, -0.2) is 40.3 Å². The van der Waals surface area contributed by atoms with Crippen LogP contribution in [0.5, 0.6) is 11.5 Å². The van der Waals surface area contributed by atoms with Gasteiger partial charge in [0.1, 0.15) is 6.54 Å². The topological polar surface area (TPSA) is 104 Å². The van der Waals surface area contributed by atoms with Crippen LogP contribution >= 0.6 is 0 Å². The number of benzene rings is 1. The first kappa shape index (κ1) is 22.1. The fourth-order valence-corrected chi connectivity index (χ4v) is 3.38. The molecule has 3 rings (SSSR count). The van der Waals surface area contributed by atoms with Crippen molar-refractivity contribution in [2.75, 3.05) is 14.2 Å². The molecule has 1 aromatic carbocycles. The zero-order valence-electron chi connectivity index (χ0n) is 18.0. The normalized spacial score (nSPS) is 11.0. The lowest BCUT2D eigenvalue weighted by atomic mass is 10.1. The van der Waals surface area contributed by atoms with E-state index in [1.807, 2.05) is 19.9 Å². The summed E-state index contributed by atoms with van der Waals surface area (Å²) < 4.78 is 13.0. The molecule has 2 aromatic heterocycles. The fourth-order valence-electron chi connectivity index (χ4n) is 3.38. The molecule has 0 unspecified atom stereocenters. The number of ether oxygens (including phenoxy) is 2. The van der Waals surface area contributed by atoms with Gasteiger partial charge in [-0.2, -0.15) is 0 Å². The van der Waals surface area contributed by atoms with Crippen LogP contribution < -0.4 is 26.0 Å². The van der Waals surface area contributed by atoms with E-state index in [1.54, 1.807) is 38.5 Å². The predicted octanol–water partition coefficient (Wildman–Crippen LogP) is 1.34. The van der Waals surface area contributed by atoms with Crippen molar-refractivity contribution in [2.45, 2.75) is 39.4 Å². The van der Waals surface area contributed by atoms with E-state index < -0.39 is 11.2 Å². The molecule has 0 spiro atoms. The average Bonchev–Trinajstić information content (AvgIpc) is 2.75. The van der Waals surface area contributed by atoms with E-state index in [4.69, 9.17) is 9.47 Å². The second-order valence-electron chi connectivity index (χ2n) is 7.36. The molecule has 0 saturated heterocycles. The number of nitrogens with one attached hydrogen (secondary N) is 1. The van der Waals surface area contributed by atoms with Crippen molar-refractivity contribution in [3.8, 4) is 11.5 Å². The van der Waals surface area contributed by atoms with Crippen LogP contribution in [0.25, 0.3) is 11.0 Å². The summed E-state index contributed by atoms with van der Waals surface area (Å²) in [5.41, 5.74) is 0.311. The first-order valence-corrected chi connectivity index (χ1v) is 9.94. The summed E-state index contributed by atoms with van der Waals surface area (Å²) in [7, 11) is 3.10. The van der Waals surface area contributed by atoms with Gasteiger partial charge in [0.15, 0.2) is 17.0 Å². The van der Waals surface area contributed by atoms with Gasteiger partial charge in [0.2, 0.25) is 5.91 Å². The lowest BCUT2D eigenvalue weighted by Gasteiger charge is -2.15. The summed E-state index contributed by atoms with van der Waals surface area (Å²) in [6.07, 6.45) is 1.90. The predicted molar refractivity (Wildman–Crippen MR) is 117 cm³/mol. The van der Waals surface area contributed by atoms with Gasteiger partial charge < -0.3 is 14.8 Å². The van der Waals surface area contributed by atoms with Crippen molar-refractivity contribution in [1.29, 1.82) is 0 Å². The zero-order chi connectivity index (χ0) is 22.5. The molecular formula is C22H26N4O5. The highest BCUT2D eigenvalue weighted by Crippen LogP contribution is 2.27. The van der Waals surface area contributed by atoms with Gasteiger partial charge in [-0.3, -0.25) is 18.7 Å². The van der Waals surface area contributed by atoms with Gasteiger partial charge >= 0.3 is 5.69 Å². The number of methoxy groups -OCH3 is 2. The second-order valence-corrected chi connectivity index (χ2v) is 7.36. The van der Waals surface area contributed by atoms with Gasteiger partial charge in [-0.1, -0.05) is 6.07 Å². The number of carbonyl (C=O) groups is 1. The van der Waals surface area contributed by atoms with E-state index in [2.05, 4.69) is 10.3 Å². The third-order valence-electron chi connectivity index (χ3n) is 4.81. The maximum atomic E-state index is 13.1. The third-order valence-corrected chi connectivity index (χ3v) is 4.81. The number of nitrogens with zero attached hydrogens (tertiary/aromatic N) is 3. The largest absolute Gasteiger partial charge is 0.493 e. The lowest BCUT2D eigenvalue weighted by Crippen LogP contribution is -2.44. The minimum absolute atomic E-state index is 0.0662. The van der Waals surface area contributed by atoms with Crippen molar-refractivity contribution in [3.05, 3.63) is 62.9 Å². The van der Waals surface area contributed by atoms with Crippen molar-refractivity contribution in [2.24, 2.45) is 0 Å². The molecule has 0 aliphatic carbocycles. The Kier molecular flexibility index (Phi) is 6.74. The number of fused-ring (bicyclic) bond motifs is 1. The molecule has 9 heteroatoms. The van der Waals surface area contributed by atoms with Gasteiger partial charge in [0.25, 0.3) is 5.56 Å². The molecule has 31 heavy (non-hydrogen) atoms. The smallest absolute Gasteiger partial charge is 0.332 e. The minimum Gasteiger partial charge on any atom is -0.493 e. The summed E-state index contributed by atoms with van der Waals surface area (Å²) in [4.78, 5) is 42.6. The molecule has 0 fully saturated rings. The Bertz CT molecular complexity index is 1210. The second kappa shape index (κ2) is 9.46. The molecule has 0 saturated carbocycles. The molecule has 0 radical (unpaired) electrons. The number of hydrogen-bond acceptors (Lipinski definition) is 6. The Morgan fingerprint density at radius 3 is 2.52 bits per heavy atom. The Hall–Kier alpha value is -3.62. The third kappa shape index (κ3) is 4.76. The van der Waals surface area contributed by atoms with Crippen LogP contribution in [-0.2, 0) is 24.3 Å². The van der Waals surface area contributed by atoms with E-state index >= 15 is 0 Å². The number of hydrogen-bond donors (Lipinski definition) is 1. The summed E-state index contributed by atoms with van der Waals surface area (Å²) in [5.74, 6) is 0.847. The van der Waals surface area contributed by atoms with Crippen molar-refractivity contribution in [1.82, 2.24) is 19.4 Å². The van der Waals surface area contributed by atoms with Gasteiger partial charge in [0.05, 0.1) is 19.7 Å². The van der Waals surface area contributed by atoms with Crippen molar-refractivity contribution < 1.29 is 14.3 Å². The van der Waals surface area contributed by atoms with Crippen LogP contribution in [0.2, 0.25) is 0 Å². The Balaban J connectivity index is 2.00. The molecule has 164 valence electrons. The molecule has 0 bridgehead atoms. The van der Waals surface area contributed by atoms with Gasteiger partial charge in [-0.25, -0.2) is 9.78 Å². The fraction of sp³-hybridized carbons (Fsp3) is 0.364. The molecule has 1 amide bonds. The highest BCUT2D eigenvalue weighted by molar-refractivity contribution is 5.79. The van der Waals surface area contributed by atoms with Gasteiger partial charge in [-0.05, 0) is 50.1 Å². The van der Waals surface area contributed by atoms with E-state index in [1.165, 1.54) is 10.8 Å². The molecule has 3 aromatic rings. The SMILES string of the molecule is COc1ccc(CCn2c(=O)c3ncccc3n(CC(=O)NC(C)C)c2=O)cc1OC. The monoisotopic (exact) mass is 426 g/mol. The minimum atomic E-state index is -0.551. The maximum absolute atomic E-state index is 13.1. The van der Waals surface area contributed by atoms with E-state index in [9.17, 15) is 14.4 Å². The van der Waals surface area contributed by atoms with Crippen LogP contribution in [0.4, 0.5) is 0 Å². The summed E-state index contributed by atoms with van der Waals surface area (Å²) in [6.45, 7) is 3.61. The molecule has 0 aliphatic heterocycles. The van der Waals surface area contributed by atoms with E-state index in [-0.39, 0.29) is 30.6 Å². The van der Waals surface area contributed by atoms with Crippen LogP contribution in [0.1, 0.15) is 19.4 Å². The molecule has 0 aliphatic rings. The molecule has 1 N–H and O–H groups in total.